The summed E-state index contributed by atoms with van der Waals surface area (Å²) in [6.07, 6.45) is 5.23. The molecular formula is C14H18N4O. The Labute approximate surface area is 112 Å². The SMILES string of the molecule is c1nnc(-c2ccc(NCC3CCCCN3)cc2)o1. The van der Waals surface area contributed by atoms with Gasteiger partial charge in [0.15, 0.2) is 0 Å². The Kier molecular flexibility index (Phi) is 3.74. The first-order valence-electron chi connectivity index (χ1n) is 6.76. The van der Waals surface area contributed by atoms with Crippen LogP contribution in [-0.2, 0) is 0 Å². The molecule has 1 aromatic heterocycles. The van der Waals surface area contributed by atoms with E-state index in [2.05, 4.69) is 20.8 Å². The Balaban J connectivity index is 1.57. The summed E-state index contributed by atoms with van der Waals surface area (Å²) >= 11 is 0. The molecule has 1 unspecified atom stereocenters. The zero-order valence-electron chi connectivity index (χ0n) is 10.8. The standard InChI is InChI=1S/C14H18N4O/c1-2-8-15-13(3-1)9-16-12-6-4-11(5-7-12)14-18-17-10-19-14/h4-7,10,13,15-16H,1-3,8-9H2. The highest BCUT2D eigenvalue weighted by molar-refractivity contribution is 5.58. The third-order valence-electron chi connectivity index (χ3n) is 3.46. The van der Waals surface area contributed by atoms with E-state index in [9.17, 15) is 0 Å². The molecule has 1 atom stereocenters. The number of aromatic nitrogens is 2. The van der Waals surface area contributed by atoms with E-state index in [-0.39, 0.29) is 0 Å². The van der Waals surface area contributed by atoms with Crippen molar-refractivity contribution >= 4 is 5.69 Å². The second kappa shape index (κ2) is 5.84. The number of rotatable bonds is 4. The van der Waals surface area contributed by atoms with E-state index in [0.717, 1.165) is 24.3 Å². The lowest BCUT2D eigenvalue weighted by Crippen LogP contribution is -2.39. The quantitative estimate of drug-likeness (QED) is 0.881. The van der Waals surface area contributed by atoms with Crippen molar-refractivity contribution in [2.75, 3.05) is 18.4 Å². The summed E-state index contributed by atoms with van der Waals surface area (Å²) in [7, 11) is 0. The smallest absolute Gasteiger partial charge is 0.247 e. The molecule has 19 heavy (non-hydrogen) atoms. The van der Waals surface area contributed by atoms with Gasteiger partial charge in [0.25, 0.3) is 0 Å². The number of hydrogen-bond acceptors (Lipinski definition) is 5. The first-order chi connectivity index (χ1) is 9.42. The van der Waals surface area contributed by atoms with Gasteiger partial charge in [-0.2, -0.15) is 0 Å². The van der Waals surface area contributed by atoms with Gasteiger partial charge in [0.1, 0.15) is 0 Å². The number of benzene rings is 1. The lowest BCUT2D eigenvalue weighted by Gasteiger charge is -2.24. The van der Waals surface area contributed by atoms with Crippen molar-refractivity contribution in [2.24, 2.45) is 0 Å². The van der Waals surface area contributed by atoms with E-state index in [1.54, 1.807) is 0 Å². The zero-order valence-corrected chi connectivity index (χ0v) is 10.8. The molecule has 0 amide bonds. The van der Waals surface area contributed by atoms with Crippen LogP contribution in [0.4, 0.5) is 5.69 Å². The fourth-order valence-corrected chi connectivity index (χ4v) is 2.37. The van der Waals surface area contributed by atoms with Crippen LogP contribution in [0.5, 0.6) is 0 Å². The molecule has 1 aromatic carbocycles. The largest absolute Gasteiger partial charge is 0.423 e. The number of piperidine rings is 1. The van der Waals surface area contributed by atoms with Gasteiger partial charge in [-0.25, -0.2) is 0 Å². The molecule has 0 bridgehead atoms. The number of anilines is 1. The average molecular weight is 258 g/mol. The van der Waals surface area contributed by atoms with Gasteiger partial charge in [0.05, 0.1) is 0 Å². The molecule has 5 nitrogen and oxygen atoms in total. The van der Waals surface area contributed by atoms with Crippen LogP contribution in [0.2, 0.25) is 0 Å². The van der Waals surface area contributed by atoms with E-state index in [1.165, 1.54) is 25.7 Å². The molecule has 1 aliphatic rings. The molecule has 5 heteroatoms. The van der Waals surface area contributed by atoms with Gasteiger partial charge >= 0.3 is 0 Å². The van der Waals surface area contributed by atoms with Crippen molar-refractivity contribution in [1.82, 2.24) is 15.5 Å². The summed E-state index contributed by atoms with van der Waals surface area (Å²) in [5.74, 6) is 0.556. The van der Waals surface area contributed by atoms with Crippen molar-refractivity contribution in [3.8, 4) is 11.5 Å². The highest BCUT2D eigenvalue weighted by Gasteiger charge is 2.11. The van der Waals surface area contributed by atoms with E-state index in [4.69, 9.17) is 4.42 Å². The normalized spacial score (nSPS) is 19.3. The predicted octanol–water partition coefficient (Wildman–Crippen LogP) is 2.29. The lowest BCUT2D eigenvalue weighted by atomic mass is 10.1. The fraction of sp³-hybridized carbons (Fsp3) is 0.429. The Morgan fingerprint density at radius 3 is 2.84 bits per heavy atom. The summed E-state index contributed by atoms with van der Waals surface area (Å²) in [4.78, 5) is 0. The molecule has 1 aliphatic heterocycles. The summed E-state index contributed by atoms with van der Waals surface area (Å²) in [5, 5.41) is 14.6. The zero-order chi connectivity index (χ0) is 12.9. The molecular weight excluding hydrogens is 240 g/mol. The maximum atomic E-state index is 5.16. The second-order valence-corrected chi connectivity index (χ2v) is 4.85. The van der Waals surface area contributed by atoms with Crippen molar-refractivity contribution < 1.29 is 4.42 Å². The Morgan fingerprint density at radius 1 is 1.26 bits per heavy atom. The molecule has 100 valence electrons. The van der Waals surface area contributed by atoms with Gasteiger partial charge in [0, 0.05) is 23.8 Å². The van der Waals surface area contributed by atoms with E-state index in [1.807, 2.05) is 24.3 Å². The number of nitrogens with zero attached hydrogens (tertiary/aromatic N) is 2. The van der Waals surface area contributed by atoms with E-state index in [0.29, 0.717) is 11.9 Å². The summed E-state index contributed by atoms with van der Waals surface area (Å²) < 4.78 is 5.16. The molecule has 0 spiro atoms. The highest BCUT2D eigenvalue weighted by atomic mass is 16.4. The van der Waals surface area contributed by atoms with Crippen molar-refractivity contribution in [2.45, 2.75) is 25.3 Å². The molecule has 1 fully saturated rings. The van der Waals surface area contributed by atoms with Crippen LogP contribution >= 0.6 is 0 Å². The molecule has 3 rings (SSSR count). The maximum absolute atomic E-state index is 5.16. The fourth-order valence-electron chi connectivity index (χ4n) is 2.37. The minimum atomic E-state index is 0.556. The van der Waals surface area contributed by atoms with Crippen molar-refractivity contribution in [3.63, 3.8) is 0 Å². The summed E-state index contributed by atoms with van der Waals surface area (Å²) in [6.45, 7) is 2.11. The third kappa shape index (κ3) is 3.12. The van der Waals surface area contributed by atoms with Crippen LogP contribution in [0.15, 0.2) is 35.1 Å². The Morgan fingerprint density at radius 2 is 2.16 bits per heavy atom. The van der Waals surface area contributed by atoms with Crippen LogP contribution in [0.3, 0.4) is 0 Å². The molecule has 0 aliphatic carbocycles. The van der Waals surface area contributed by atoms with Gasteiger partial charge in [-0.3, -0.25) is 0 Å². The topological polar surface area (TPSA) is 63.0 Å². The summed E-state index contributed by atoms with van der Waals surface area (Å²) in [6, 6.07) is 8.66. The molecule has 0 saturated carbocycles. The van der Waals surface area contributed by atoms with Crippen molar-refractivity contribution in [3.05, 3.63) is 30.7 Å². The minimum Gasteiger partial charge on any atom is -0.423 e. The van der Waals surface area contributed by atoms with Crippen LogP contribution in [0.1, 0.15) is 19.3 Å². The highest BCUT2D eigenvalue weighted by Crippen LogP contribution is 2.19. The average Bonchev–Trinajstić information content (AvgIpc) is 3.01. The Hall–Kier alpha value is -1.88. The van der Waals surface area contributed by atoms with Gasteiger partial charge < -0.3 is 15.1 Å². The van der Waals surface area contributed by atoms with Crippen molar-refractivity contribution in [1.29, 1.82) is 0 Å². The van der Waals surface area contributed by atoms with E-state index >= 15 is 0 Å². The van der Waals surface area contributed by atoms with Gasteiger partial charge in [-0.05, 0) is 43.7 Å². The minimum absolute atomic E-state index is 0.556. The molecule has 2 heterocycles. The van der Waals surface area contributed by atoms with Crippen LogP contribution in [0, 0.1) is 0 Å². The number of nitrogens with one attached hydrogen (secondary N) is 2. The first-order valence-corrected chi connectivity index (χ1v) is 6.76. The second-order valence-electron chi connectivity index (χ2n) is 4.85. The molecule has 2 N–H and O–H groups in total. The Bertz CT molecular complexity index is 489. The lowest BCUT2D eigenvalue weighted by molar-refractivity contribution is 0.414. The maximum Gasteiger partial charge on any atom is 0.247 e. The molecule has 1 saturated heterocycles. The number of hydrogen-bond donors (Lipinski definition) is 2. The van der Waals surface area contributed by atoms with Gasteiger partial charge in [-0.1, -0.05) is 6.42 Å². The third-order valence-corrected chi connectivity index (χ3v) is 3.46. The molecule has 2 aromatic rings. The van der Waals surface area contributed by atoms with Gasteiger partial charge in [-0.15, -0.1) is 10.2 Å². The van der Waals surface area contributed by atoms with Crippen LogP contribution < -0.4 is 10.6 Å². The van der Waals surface area contributed by atoms with Crippen LogP contribution in [-0.4, -0.2) is 29.3 Å². The monoisotopic (exact) mass is 258 g/mol. The first kappa shape index (κ1) is 12.2. The van der Waals surface area contributed by atoms with E-state index < -0.39 is 0 Å². The molecule has 0 radical (unpaired) electrons. The predicted molar refractivity (Wildman–Crippen MR) is 73.9 cm³/mol. The van der Waals surface area contributed by atoms with Gasteiger partial charge in [0.2, 0.25) is 12.3 Å². The summed E-state index contributed by atoms with van der Waals surface area (Å²) in [5.41, 5.74) is 2.06. The van der Waals surface area contributed by atoms with Crippen LogP contribution in [0.25, 0.3) is 11.5 Å².